The van der Waals surface area contributed by atoms with E-state index in [0.29, 0.717) is 12.1 Å². The zero-order valence-electron chi connectivity index (χ0n) is 18.3. The predicted octanol–water partition coefficient (Wildman–Crippen LogP) is 4.61. The fraction of sp³-hybridized carbons (Fsp3) is 0.391. The van der Waals surface area contributed by atoms with Gasteiger partial charge in [0.1, 0.15) is 18.0 Å². The Morgan fingerprint density at radius 1 is 1.12 bits per heavy atom. The number of hydrogen-bond acceptors (Lipinski definition) is 6. The van der Waals surface area contributed by atoms with Gasteiger partial charge in [-0.05, 0) is 49.2 Å². The molecule has 32 heavy (non-hydrogen) atoms. The number of anilines is 3. The third kappa shape index (κ3) is 5.80. The topological polar surface area (TPSA) is 67.2 Å². The first-order valence-electron chi connectivity index (χ1n) is 10.8. The largest absolute Gasteiger partial charge is 0.384 e. The molecule has 2 aromatic carbocycles. The van der Waals surface area contributed by atoms with E-state index in [1.54, 1.807) is 0 Å². The predicted molar refractivity (Wildman–Crippen MR) is 125 cm³/mol. The summed E-state index contributed by atoms with van der Waals surface area (Å²) in [6.45, 7) is 8.68. The normalized spacial score (nSPS) is 16.8. The number of nitrogens with one attached hydrogen (secondary N) is 2. The molecule has 1 atom stereocenters. The molecule has 1 fully saturated rings. The number of aryl methyl sites for hydroxylation is 1. The highest BCUT2D eigenvalue weighted by molar-refractivity contribution is 5.63. The van der Waals surface area contributed by atoms with Gasteiger partial charge in [-0.15, -0.1) is 5.10 Å². The molecule has 0 spiro atoms. The van der Waals surface area contributed by atoms with Gasteiger partial charge in [-0.25, -0.2) is 13.5 Å². The smallest absolute Gasteiger partial charge is 0.246 e. The summed E-state index contributed by atoms with van der Waals surface area (Å²) in [6.07, 6.45) is 2.78. The van der Waals surface area contributed by atoms with Gasteiger partial charge in [-0.1, -0.05) is 6.92 Å². The molecule has 0 bridgehead atoms. The number of halogens is 2. The van der Waals surface area contributed by atoms with Crippen LogP contribution in [-0.4, -0.2) is 58.6 Å². The number of morpholine rings is 1. The summed E-state index contributed by atoms with van der Waals surface area (Å²) in [6, 6.07) is 9.29. The van der Waals surface area contributed by atoms with E-state index in [9.17, 15) is 8.78 Å². The van der Waals surface area contributed by atoms with Crippen LogP contribution in [0.3, 0.4) is 0 Å². The van der Waals surface area contributed by atoms with Gasteiger partial charge in [-0.2, -0.15) is 4.98 Å². The first-order chi connectivity index (χ1) is 15.5. The Labute approximate surface area is 189 Å². The van der Waals surface area contributed by atoms with Crippen molar-refractivity contribution >= 4 is 17.3 Å². The Balaban J connectivity index is 0.00000204. The molecule has 4 rings (SSSR count). The molecule has 0 aliphatic carbocycles. The molecule has 1 aliphatic heterocycles. The maximum atomic E-state index is 13.5. The van der Waals surface area contributed by atoms with Gasteiger partial charge in [0.05, 0.1) is 18.4 Å². The summed E-state index contributed by atoms with van der Waals surface area (Å²) in [5, 5.41) is 10.9. The first kappa shape index (κ1) is 22.2. The molecule has 1 aromatic heterocycles. The van der Waals surface area contributed by atoms with Crippen molar-refractivity contribution in [3.63, 3.8) is 0 Å². The summed E-state index contributed by atoms with van der Waals surface area (Å²) >= 11 is 0. The van der Waals surface area contributed by atoms with E-state index >= 15 is 0 Å². The molecule has 3 aromatic rings. The van der Waals surface area contributed by atoms with Crippen molar-refractivity contribution in [3.8, 4) is 5.69 Å². The summed E-state index contributed by atoms with van der Waals surface area (Å²) in [7, 11) is 0. The van der Waals surface area contributed by atoms with Gasteiger partial charge in [-0.3, -0.25) is 4.90 Å². The van der Waals surface area contributed by atoms with Crippen molar-refractivity contribution in [1.29, 1.82) is 0 Å². The Kier molecular flexibility index (Phi) is 6.96. The molecular formula is C23H32F2N6O. The highest BCUT2D eigenvalue weighted by Crippen LogP contribution is 2.22. The summed E-state index contributed by atoms with van der Waals surface area (Å²) in [5.41, 5.74) is 3.18. The second-order valence-corrected chi connectivity index (χ2v) is 7.98. The fourth-order valence-electron chi connectivity index (χ4n) is 3.79. The van der Waals surface area contributed by atoms with Crippen molar-refractivity contribution in [2.45, 2.75) is 26.4 Å². The summed E-state index contributed by atoms with van der Waals surface area (Å²) < 4.78 is 34.0. The lowest BCUT2D eigenvalue weighted by atomic mass is 10.2. The standard InChI is InChI=1S/C23H28F2N6O.2H2/c1-3-22-14-30(6-7-32-22)5-4-26-19-8-16(2)9-20(13-19)28-23-27-15-31(29-23)21-11-17(24)10-18(25)12-21;;/h8-13,15,22,26H,3-7,14H2,1-2H3,(H,28,29);2*1H. The second-order valence-electron chi connectivity index (χ2n) is 7.98. The second kappa shape index (κ2) is 10.1. The maximum absolute atomic E-state index is 13.5. The zero-order chi connectivity index (χ0) is 22.5. The average molecular weight is 447 g/mol. The van der Waals surface area contributed by atoms with Gasteiger partial charge in [0, 0.05) is 46.5 Å². The highest BCUT2D eigenvalue weighted by atomic mass is 19.1. The van der Waals surface area contributed by atoms with E-state index in [2.05, 4.69) is 38.6 Å². The van der Waals surface area contributed by atoms with E-state index in [1.165, 1.54) is 23.1 Å². The Morgan fingerprint density at radius 3 is 2.69 bits per heavy atom. The molecule has 2 heterocycles. The van der Waals surface area contributed by atoms with E-state index in [4.69, 9.17) is 4.74 Å². The van der Waals surface area contributed by atoms with Crippen molar-refractivity contribution in [3.05, 3.63) is 59.9 Å². The molecule has 0 saturated carbocycles. The Morgan fingerprint density at radius 2 is 1.91 bits per heavy atom. The van der Waals surface area contributed by atoms with E-state index in [-0.39, 0.29) is 8.54 Å². The van der Waals surface area contributed by atoms with Crippen LogP contribution >= 0.6 is 0 Å². The lowest BCUT2D eigenvalue weighted by Crippen LogP contribution is -2.43. The van der Waals surface area contributed by atoms with Gasteiger partial charge in [0.15, 0.2) is 0 Å². The zero-order valence-corrected chi connectivity index (χ0v) is 18.3. The van der Waals surface area contributed by atoms with Crippen LogP contribution in [0.1, 0.15) is 21.8 Å². The summed E-state index contributed by atoms with van der Waals surface area (Å²) in [4.78, 5) is 6.62. The Hall–Kier alpha value is -3.04. The average Bonchev–Trinajstić information content (AvgIpc) is 3.21. The molecule has 0 amide bonds. The number of aromatic nitrogens is 3. The van der Waals surface area contributed by atoms with Crippen LogP contribution in [-0.2, 0) is 4.74 Å². The minimum absolute atomic E-state index is 0. The van der Waals surface area contributed by atoms with E-state index < -0.39 is 11.6 Å². The van der Waals surface area contributed by atoms with Gasteiger partial charge >= 0.3 is 0 Å². The minimum atomic E-state index is -0.665. The molecule has 174 valence electrons. The van der Waals surface area contributed by atoms with Crippen LogP contribution in [0.4, 0.5) is 26.1 Å². The van der Waals surface area contributed by atoms with Crippen molar-refractivity contribution in [1.82, 2.24) is 19.7 Å². The monoisotopic (exact) mass is 446 g/mol. The third-order valence-electron chi connectivity index (χ3n) is 5.37. The van der Waals surface area contributed by atoms with E-state index in [0.717, 1.165) is 62.2 Å². The number of benzene rings is 2. The molecule has 1 aliphatic rings. The fourth-order valence-corrected chi connectivity index (χ4v) is 3.79. The van der Waals surface area contributed by atoms with Crippen LogP contribution in [0, 0.1) is 18.6 Å². The van der Waals surface area contributed by atoms with Crippen molar-refractivity contribution < 1.29 is 16.4 Å². The molecule has 2 N–H and O–H groups in total. The van der Waals surface area contributed by atoms with Crippen LogP contribution in [0.25, 0.3) is 5.69 Å². The van der Waals surface area contributed by atoms with Crippen LogP contribution in [0.5, 0.6) is 0 Å². The molecule has 9 heteroatoms. The van der Waals surface area contributed by atoms with Crippen molar-refractivity contribution in [2.24, 2.45) is 0 Å². The minimum Gasteiger partial charge on any atom is -0.384 e. The number of hydrogen-bond donors (Lipinski definition) is 2. The quantitative estimate of drug-likeness (QED) is 0.527. The van der Waals surface area contributed by atoms with Crippen molar-refractivity contribution in [2.75, 3.05) is 43.4 Å². The molecule has 1 saturated heterocycles. The number of ether oxygens (including phenoxy) is 1. The summed E-state index contributed by atoms with van der Waals surface area (Å²) in [5.74, 6) is -0.992. The van der Waals surface area contributed by atoms with E-state index in [1.807, 2.05) is 19.1 Å². The third-order valence-corrected chi connectivity index (χ3v) is 5.37. The molecule has 7 nitrogen and oxygen atoms in total. The number of rotatable bonds is 8. The molecular weight excluding hydrogens is 414 g/mol. The van der Waals surface area contributed by atoms with Crippen LogP contribution in [0.2, 0.25) is 0 Å². The molecule has 1 unspecified atom stereocenters. The van der Waals surface area contributed by atoms with Gasteiger partial charge in [0.2, 0.25) is 5.95 Å². The highest BCUT2D eigenvalue weighted by Gasteiger charge is 2.18. The number of nitrogens with zero attached hydrogens (tertiary/aromatic N) is 4. The van der Waals surface area contributed by atoms with Gasteiger partial charge in [0.25, 0.3) is 0 Å². The SMILES string of the molecule is CCC1CN(CCNc2cc(C)cc(Nc3ncn(-c4cc(F)cc(F)c4)n3)c2)CCO1.[HH].[HH]. The van der Waals surface area contributed by atoms with Crippen LogP contribution in [0.15, 0.2) is 42.7 Å². The lowest BCUT2D eigenvalue weighted by Gasteiger charge is -2.32. The van der Waals surface area contributed by atoms with Gasteiger partial charge < -0.3 is 15.4 Å². The first-order valence-corrected chi connectivity index (χ1v) is 10.8. The Bertz CT molecular complexity index is 1050. The maximum Gasteiger partial charge on any atom is 0.246 e. The van der Waals surface area contributed by atoms with Crippen LogP contribution < -0.4 is 10.6 Å². The lowest BCUT2D eigenvalue weighted by molar-refractivity contribution is -0.0282. The molecule has 0 radical (unpaired) electrons.